The van der Waals surface area contributed by atoms with E-state index in [1.54, 1.807) is 0 Å². The molecule has 0 spiro atoms. The molecule has 2 aromatic carbocycles. The lowest BCUT2D eigenvalue weighted by Crippen LogP contribution is -2.54. The summed E-state index contributed by atoms with van der Waals surface area (Å²) < 4.78 is 26.6. The summed E-state index contributed by atoms with van der Waals surface area (Å²) >= 11 is 0. The Morgan fingerprint density at radius 1 is 0.909 bits per heavy atom. The van der Waals surface area contributed by atoms with E-state index in [-0.39, 0.29) is 24.3 Å². The number of hydrogen-bond acceptors (Lipinski definition) is 4. The first kappa shape index (κ1) is 25.9. The van der Waals surface area contributed by atoms with E-state index in [2.05, 4.69) is 16.0 Å². The quantitative estimate of drug-likeness (QED) is 0.473. The van der Waals surface area contributed by atoms with E-state index in [1.165, 1.54) is 6.92 Å². The fourth-order valence-electron chi connectivity index (χ4n) is 3.14. The van der Waals surface area contributed by atoms with Gasteiger partial charge in [-0.25, -0.2) is 8.78 Å². The lowest BCUT2D eigenvalue weighted by Gasteiger charge is -2.22. The van der Waals surface area contributed by atoms with Crippen molar-refractivity contribution in [1.29, 1.82) is 0 Å². The van der Waals surface area contributed by atoms with E-state index in [9.17, 15) is 23.2 Å². The van der Waals surface area contributed by atoms with Crippen LogP contribution in [-0.2, 0) is 27.2 Å². The van der Waals surface area contributed by atoms with Gasteiger partial charge in [-0.3, -0.25) is 14.4 Å². The van der Waals surface area contributed by atoms with Crippen LogP contribution in [-0.4, -0.2) is 61.9 Å². The molecular weight excluding hydrogens is 430 g/mol. The number of nitrogens with one attached hydrogen (secondary N) is 3. The molecule has 3 amide bonds. The molecule has 0 radical (unpaired) electrons. The summed E-state index contributed by atoms with van der Waals surface area (Å²) in [6.45, 7) is 2.54. The van der Waals surface area contributed by atoms with Crippen molar-refractivity contribution in [3.05, 3.63) is 71.3 Å². The van der Waals surface area contributed by atoms with Gasteiger partial charge in [-0.05, 0) is 44.3 Å². The van der Waals surface area contributed by atoms with Crippen LogP contribution in [0.15, 0.2) is 48.5 Å². The molecule has 0 heterocycles. The van der Waals surface area contributed by atoms with Gasteiger partial charge in [0.15, 0.2) is 0 Å². The van der Waals surface area contributed by atoms with Gasteiger partial charge in [0.1, 0.15) is 23.7 Å². The molecule has 9 heteroatoms. The first-order valence-corrected chi connectivity index (χ1v) is 10.6. The second-order valence-corrected chi connectivity index (χ2v) is 8.09. The minimum atomic E-state index is -0.955. The molecule has 0 unspecified atom stereocenters. The summed E-state index contributed by atoms with van der Waals surface area (Å²) in [5.74, 6) is -3.02. The van der Waals surface area contributed by atoms with Gasteiger partial charge in [0.05, 0.1) is 6.42 Å². The molecule has 2 atom stereocenters. The molecule has 0 aliphatic rings. The number of hydrogen-bond donors (Lipinski definition) is 3. The number of rotatable bonds is 11. The van der Waals surface area contributed by atoms with Crippen LogP contribution >= 0.6 is 0 Å². The van der Waals surface area contributed by atoms with Crippen molar-refractivity contribution in [1.82, 2.24) is 20.9 Å². The Hall–Kier alpha value is -3.33. The molecule has 0 saturated carbocycles. The zero-order valence-corrected chi connectivity index (χ0v) is 19.0. The average Bonchev–Trinajstić information content (AvgIpc) is 2.72. The maximum atomic E-state index is 13.3. The van der Waals surface area contributed by atoms with Crippen LogP contribution in [0.2, 0.25) is 0 Å². The Kier molecular flexibility index (Phi) is 9.93. The Balaban J connectivity index is 1.98. The second-order valence-electron chi connectivity index (χ2n) is 8.09. The molecule has 2 aromatic rings. The predicted molar refractivity (Wildman–Crippen MR) is 121 cm³/mol. The molecule has 0 saturated heterocycles. The van der Waals surface area contributed by atoms with E-state index in [1.807, 2.05) is 49.3 Å². The molecule has 178 valence electrons. The molecule has 0 aliphatic carbocycles. The standard InChI is InChI=1S/C24H30F2N4O3/c1-16(28-22(31)14-18-11-19(25)15-20(26)12-18)23(32)29-21(13-17-7-5-4-6-8-17)24(33)27-9-10-30(2)3/h4-8,11-12,15-16,21H,9-10,13-14H2,1-3H3,(H,27,33)(H,28,31)(H,29,32)/t16-,21-/m0/s1. The van der Waals surface area contributed by atoms with E-state index >= 15 is 0 Å². The fraction of sp³-hybridized carbons (Fsp3) is 0.375. The summed E-state index contributed by atoms with van der Waals surface area (Å²) in [5.41, 5.74) is 1.02. The van der Waals surface area contributed by atoms with Crippen LogP contribution in [0.1, 0.15) is 18.1 Å². The molecule has 0 fully saturated rings. The summed E-state index contributed by atoms with van der Waals surface area (Å²) in [6.07, 6.45) is -0.00558. The number of carbonyl (C=O) groups excluding carboxylic acids is 3. The Morgan fingerprint density at radius 3 is 2.15 bits per heavy atom. The molecule has 2 rings (SSSR count). The Morgan fingerprint density at radius 2 is 1.55 bits per heavy atom. The number of benzene rings is 2. The number of carbonyl (C=O) groups is 3. The van der Waals surface area contributed by atoms with Crippen molar-refractivity contribution in [2.75, 3.05) is 27.2 Å². The summed E-state index contributed by atoms with van der Waals surface area (Å²) in [6, 6.07) is 10.3. The highest BCUT2D eigenvalue weighted by molar-refractivity contribution is 5.92. The van der Waals surface area contributed by atoms with Crippen LogP contribution in [0, 0.1) is 11.6 Å². The van der Waals surface area contributed by atoms with Gasteiger partial charge in [0.25, 0.3) is 0 Å². The second kappa shape index (κ2) is 12.6. The zero-order valence-electron chi connectivity index (χ0n) is 19.0. The first-order valence-electron chi connectivity index (χ1n) is 10.6. The highest BCUT2D eigenvalue weighted by Gasteiger charge is 2.24. The van der Waals surface area contributed by atoms with Crippen molar-refractivity contribution in [2.24, 2.45) is 0 Å². The van der Waals surface area contributed by atoms with Crippen molar-refractivity contribution in [2.45, 2.75) is 31.8 Å². The minimum Gasteiger partial charge on any atom is -0.353 e. The normalized spacial score (nSPS) is 12.7. The van der Waals surface area contributed by atoms with Crippen molar-refractivity contribution >= 4 is 17.7 Å². The van der Waals surface area contributed by atoms with Crippen molar-refractivity contribution in [3.63, 3.8) is 0 Å². The van der Waals surface area contributed by atoms with Crippen LogP contribution in [0.25, 0.3) is 0 Å². The molecule has 0 aromatic heterocycles. The highest BCUT2D eigenvalue weighted by atomic mass is 19.1. The number of nitrogens with zero attached hydrogens (tertiary/aromatic N) is 1. The largest absolute Gasteiger partial charge is 0.353 e. The van der Waals surface area contributed by atoms with Gasteiger partial charge in [0, 0.05) is 25.6 Å². The van der Waals surface area contributed by atoms with E-state index in [0.717, 1.165) is 17.7 Å². The van der Waals surface area contributed by atoms with Gasteiger partial charge in [0.2, 0.25) is 17.7 Å². The topological polar surface area (TPSA) is 90.5 Å². The van der Waals surface area contributed by atoms with Crippen LogP contribution < -0.4 is 16.0 Å². The summed E-state index contributed by atoms with van der Waals surface area (Å²) in [4.78, 5) is 39.6. The van der Waals surface area contributed by atoms with Crippen molar-refractivity contribution in [3.8, 4) is 0 Å². The summed E-state index contributed by atoms with van der Waals surface area (Å²) in [7, 11) is 3.77. The Labute approximate surface area is 192 Å². The number of amides is 3. The average molecular weight is 461 g/mol. The maximum absolute atomic E-state index is 13.3. The van der Waals surface area contributed by atoms with Gasteiger partial charge >= 0.3 is 0 Å². The third-order valence-corrected chi connectivity index (χ3v) is 4.83. The highest BCUT2D eigenvalue weighted by Crippen LogP contribution is 2.09. The number of halogens is 2. The summed E-state index contributed by atoms with van der Waals surface area (Å²) in [5, 5.41) is 8.00. The predicted octanol–water partition coefficient (Wildman–Crippen LogP) is 1.42. The van der Waals surface area contributed by atoms with Crippen LogP contribution in [0.4, 0.5) is 8.78 Å². The molecule has 0 aliphatic heterocycles. The SMILES string of the molecule is C[C@H](NC(=O)Cc1cc(F)cc(F)c1)C(=O)N[C@@H](Cc1ccccc1)C(=O)NCCN(C)C. The lowest BCUT2D eigenvalue weighted by molar-refractivity contribution is -0.131. The third-order valence-electron chi connectivity index (χ3n) is 4.83. The van der Waals surface area contributed by atoms with Gasteiger partial charge < -0.3 is 20.9 Å². The maximum Gasteiger partial charge on any atom is 0.242 e. The van der Waals surface area contributed by atoms with Crippen LogP contribution in [0.3, 0.4) is 0 Å². The zero-order chi connectivity index (χ0) is 24.4. The fourth-order valence-corrected chi connectivity index (χ4v) is 3.14. The molecule has 7 nitrogen and oxygen atoms in total. The van der Waals surface area contributed by atoms with E-state index in [4.69, 9.17) is 0 Å². The number of likely N-dealkylation sites (N-methyl/N-ethyl adjacent to an activating group) is 1. The molecule has 0 bridgehead atoms. The smallest absolute Gasteiger partial charge is 0.242 e. The lowest BCUT2D eigenvalue weighted by atomic mass is 10.0. The Bertz CT molecular complexity index is 934. The minimum absolute atomic E-state index is 0.153. The van der Waals surface area contributed by atoms with Crippen LogP contribution in [0.5, 0.6) is 0 Å². The molecule has 33 heavy (non-hydrogen) atoms. The first-order chi connectivity index (χ1) is 15.6. The monoisotopic (exact) mass is 460 g/mol. The van der Waals surface area contributed by atoms with E-state index < -0.39 is 35.5 Å². The van der Waals surface area contributed by atoms with Gasteiger partial charge in [-0.15, -0.1) is 0 Å². The van der Waals surface area contributed by atoms with E-state index in [0.29, 0.717) is 19.2 Å². The molecule has 3 N–H and O–H groups in total. The van der Waals surface area contributed by atoms with Gasteiger partial charge in [-0.2, -0.15) is 0 Å². The third kappa shape index (κ3) is 9.36. The van der Waals surface area contributed by atoms with Gasteiger partial charge in [-0.1, -0.05) is 30.3 Å². The van der Waals surface area contributed by atoms with Crippen molar-refractivity contribution < 1.29 is 23.2 Å². The molecular formula is C24H30F2N4O3.